The summed E-state index contributed by atoms with van der Waals surface area (Å²) in [6.45, 7) is 4.16. The molecule has 1 aromatic rings. The number of hydrogen-bond acceptors (Lipinski definition) is 4. The van der Waals surface area contributed by atoms with E-state index in [9.17, 15) is 5.11 Å². The highest BCUT2D eigenvalue weighted by Gasteiger charge is 2.37. The zero-order chi connectivity index (χ0) is 10.2. The molecule has 1 aromatic heterocycles. The minimum atomic E-state index is -0.572. The molecule has 0 aliphatic carbocycles. The van der Waals surface area contributed by atoms with E-state index in [0.29, 0.717) is 6.61 Å². The Labute approximate surface area is 87.3 Å². The summed E-state index contributed by atoms with van der Waals surface area (Å²) in [7, 11) is 0. The van der Waals surface area contributed by atoms with Gasteiger partial charge in [0, 0.05) is 4.88 Å². The molecule has 0 saturated carbocycles. The standard InChI is InChI=1S/C10H14O3S/c1-10(2)12-6-7(13-10)9(11)8-4-3-5-14-8/h3-5,7,9,11H,6H2,1-2H3/t7-,9-/m1/s1. The Morgan fingerprint density at radius 1 is 1.64 bits per heavy atom. The van der Waals surface area contributed by atoms with Gasteiger partial charge >= 0.3 is 0 Å². The van der Waals surface area contributed by atoms with Crippen molar-refractivity contribution >= 4 is 11.3 Å². The minimum absolute atomic E-state index is 0.247. The molecule has 1 N–H and O–H groups in total. The Hall–Kier alpha value is -0.420. The van der Waals surface area contributed by atoms with Crippen LogP contribution in [0.4, 0.5) is 0 Å². The largest absolute Gasteiger partial charge is 0.385 e. The molecule has 78 valence electrons. The summed E-state index contributed by atoms with van der Waals surface area (Å²) < 4.78 is 11.0. The minimum Gasteiger partial charge on any atom is -0.385 e. The molecule has 1 saturated heterocycles. The maximum Gasteiger partial charge on any atom is 0.163 e. The first kappa shape index (κ1) is 10.1. The molecule has 3 nitrogen and oxygen atoms in total. The second kappa shape index (κ2) is 3.62. The third kappa shape index (κ3) is 1.98. The van der Waals surface area contributed by atoms with Crippen LogP contribution in [-0.2, 0) is 9.47 Å². The van der Waals surface area contributed by atoms with E-state index >= 15 is 0 Å². The molecule has 2 atom stereocenters. The molecule has 2 heterocycles. The molecule has 4 heteroatoms. The predicted octanol–water partition coefficient (Wildman–Crippen LogP) is 1.93. The first-order valence-corrected chi connectivity index (χ1v) is 5.50. The highest BCUT2D eigenvalue weighted by molar-refractivity contribution is 7.10. The first-order chi connectivity index (χ1) is 6.58. The number of rotatable bonds is 2. The highest BCUT2D eigenvalue weighted by Crippen LogP contribution is 2.32. The summed E-state index contributed by atoms with van der Waals surface area (Å²) in [6.07, 6.45) is -0.819. The molecule has 1 fully saturated rings. The highest BCUT2D eigenvalue weighted by atomic mass is 32.1. The molecule has 14 heavy (non-hydrogen) atoms. The van der Waals surface area contributed by atoms with E-state index < -0.39 is 11.9 Å². The second-order valence-electron chi connectivity index (χ2n) is 3.83. The Bertz CT molecular complexity index is 294. The van der Waals surface area contributed by atoms with Gasteiger partial charge in [-0.15, -0.1) is 11.3 Å². The van der Waals surface area contributed by atoms with Gasteiger partial charge < -0.3 is 14.6 Å². The van der Waals surface area contributed by atoms with Crippen LogP contribution in [0.1, 0.15) is 24.8 Å². The van der Waals surface area contributed by atoms with Crippen LogP contribution < -0.4 is 0 Å². The predicted molar refractivity (Wildman–Crippen MR) is 54.2 cm³/mol. The number of aliphatic hydroxyl groups is 1. The maximum atomic E-state index is 9.95. The molecule has 0 radical (unpaired) electrons. The number of thiophene rings is 1. The smallest absolute Gasteiger partial charge is 0.163 e. The van der Waals surface area contributed by atoms with Gasteiger partial charge in [-0.05, 0) is 25.3 Å². The Morgan fingerprint density at radius 3 is 2.93 bits per heavy atom. The SMILES string of the molecule is CC1(C)OC[C@H]([C@@H](O)c2cccs2)O1. The third-order valence-corrected chi connectivity index (χ3v) is 3.16. The summed E-state index contributed by atoms with van der Waals surface area (Å²) in [5.41, 5.74) is 0. The van der Waals surface area contributed by atoms with Gasteiger partial charge in [0.05, 0.1) is 6.61 Å². The summed E-state index contributed by atoms with van der Waals surface area (Å²) in [4.78, 5) is 0.927. The second-order valence-corrected chi connectivity index (χ2v) is 4.81. The van der Waals surface area contributed by atoms with Crippen LogP contribution >= 0.6 is 11.3 Å². The van der Waals surface area contributed by atoms with Crippen molar-refractivity contribution in [1.29, 1.82) is 0 Å². The molecule has 0 spiro atoms. The van der Waals surface area contributed by atoms with Crippen LogP contribution in [0.3, 0.4) is 0 Å². The maximum absolute atomic E-state index is 9.95. The zero-order valence-corrected chi connectivity index (χ0v) is 9.08. The van der Waals surface area contributed by atoms with Gasteiger partial charge in [-0.1, -0.05) is 6.07 Å². The van der Waals surface area contributed by atoms with Crippen molar-refractivity contribution < 1.29 is 14.6 Å². The van der Waals surface area contributed by atoms with Crippen molar-refractivity contribution in [3.8, 4) is 0 Å². The molecule has 0 bridgehead atoms. The summed E-state index contributed by atoms with van der Waals surface area (Å²) in [5, 5.41) is 11.9. The summed E-state index contributed by atoms with van der Waals surface area (Å²) >= 11 is 1.53. The molecule has 0 amide bonds. The average Bonchev–Trinajstić information content (AvgIpc) is 2.72. The van der Waals surface area contributed by atoms with Gasteiger partial charge in [0.2, 0.25) is 0 Å². The normalized spacial score (nSPS) is 27.8. The molecular formula is C10H14O3S. The molecule has 0 aromatic carbocycles. The van der Waals surface area contributed by atoms with E-state index in [1.807, 2.05) is 31.4 Å². The van der Waals surface area contributed by atoms with Crippen molar-refractivity contribution in [2.24, 2.45) is 0 Å². The van der Waals surface area contributed by atoms with Gasteiger partial charge in [0.25, 0.3) is 0 Å². The lowest BCUT2D eigenvalue weighted by Crippen LogP contribution is -2.25. The van der Waals surface area contributed by atoms with Crippen LogP contribution in [-0.4, -0.2) is 23.6 Å². The van der Waals surface area contributed by atoms with Crippen LogP contribution in [0.15, 0.2) is 17.5 Å². The number of aliphatic hydroxyl groups excluding tert-OH is 1. The molecular weight excluding hydrogens is 200 g/mol. The van der Waals surface area contributed by atoms with Crippen LogP contribution in [0.2, 0.25) is 0 Å². The lowest BCUT2D eigenvalue weighted by molar-refractivity contribution is -0.151. The van der Waals surface area contributed by atoms with Crippen molar-refractivity contribution in [3.63, 3.8) is 0 Å². The fourth-order valence-corrected chi connectivity index (χ4v) is 2.28. The fourth-order valence-electron chi connectivity index (χ4n) is 1.51. The van der Waals surface area contributed by atoms with Gasteiger partial charge in [-0.3, -0.25) is 0 Å². The summed E-state index contributed by atoms with van der Waals surface area (Å²) in [6, 6.07) is 3.83. The van der Waals surface area contributed by atoms with E-state index in [1.54, 1.807) is 0 Å². The lowest BCUT2D eigenvalue weighted by atomic mass is 10.2. The van der Waals surface area contributed by atoms with E-state index in [2.05, 4.69) is 0 Å². The van der Waals surface area contributed by atoms with E-state index in [0.717, 1.165) is 4.88 Å². The average molecular weight is 214 g/mol. The quantitative estimate of drug-likeness (QED) is 0.817. The number of ether oxygens (including phenoxy) is 2. The Morgan fingerprint density at radius 2 is 2.43 bits per heavy atom. The van der Waals surface area contributed by atoms with Crippen molar-refractivity contribution in [1.82, 2.24) is 0 Å². The lowest BCUT2D eigenvalue weighted by Gasteiger charge is -2.19. The van der Waals surface area contributed by atoms with Gasteiger partial charge in [0.1, 0.15) is 12.2 Å². The van der Waals surface area contributed by atoms with Crippen molar-refractivity contribution in [3.05, 3.63) is 22.4 Å². The van der Waals surface area contributed by atoms with Crippen LogP contribution in [0.5, 0.6) is 0 Å². The van der Waals surface area contributed by atoms with E-state index in [-0.39, 0.29) is 6.10 Å². The van der Waals surface area contributed by atoms with Crippen molar-refractivity contribution in [2.45, 2.75) is 31.8 Å². The first-order valence-electron chi connectivity index (χ1n) is 4.62. The zero-order valence-electron chi connectivity index (χ0n) is 8.27. The van der Waals surface area contributed by atoms with Gasteiger partial charge in [-0.25, -0.2) is 0 Å². The fraction of sp³-hybridized carbons (Fsp3) is 0.600. The monoisotopic (exact) mass is 214 g/mol. The van der Waals surface area contributed by atoms with E-state index in [1.165, 1.54) is 11.3 Å². The third-order valence-electron chi connectivity index (χ3n) is 2.22. The van der Waals surface area contributed by atoms with Crippen LogP contribution in [0, 0.1) is 0 Å². The van der Waals surface area contributed by atoms with Gasteiger partial charge in [-0.2, -0.15) is 0 Å². The Balaban J connectivity index is 2.04. The topological polar surface area (TPSA) is 38.7 Å². The van der Waals surface area contributed by atoms with Crippen molar-refractivity contribution in [2.75, 3.05) is 6.61 Å². The molecule has 1 aliphatic rings. The van der Waals surface area contributed by atoms with Crippen LogP contribution in [0.25, 0.3) is 0 Å². The van der Waals surface area contributed by atoms with E-state index in [4.69, 9.17) is 9.47 Å². The summed E-state index contributed by atoms with van der Waals surface area (Å²) in [5.74, 6) is -0.567. The number of hydrogen-bond donors (Lipinski definition) is 1. The Kier molecular flexibility index (Phi) is 2.62. The molecule has 2 rings (SSSR count). The molecule has 1 aliphatic heterocycles. The van der Waals surface area contributed by atoms with Gasteiger partial charge in [0.15, 0.2) is 5.79 Å². The molecule has 0 unspecified atom stereocenters.